The Hall–Kier alpha value is -2.74. The van der Waals surface area contributed by atoms with E-state index >= 15 is 0 Å². The van der Waals surface area contributed by atoms with Gasteiger partial charge in [0.05, 0.1) is 14.3 Å². The largest absolute Gasteiger partial charge is 0.489 e. The van der Waals surface area contributed by atoms with Gasteiger partial charge in [0, 0.05) is 28.1 Å². The fourth-order valence-corrected chi connectivity index (χ4v) is 18.5. The minimum Gasteiger partial charge on any atom is -0.489 e. The number of hydrogen-bond donors (Lipinski definition) is 1. The molecule has 0 atom stereocenters. The summed E-state index contributed by atoms with van der Waals surface area (Å²) in [5, 5.41) is 0. The molecule has 6 aromatic carbocycles. The van der Waals surface area contributed by atoms with Gasteiger partial charge in [-0.25, -0.2) is 14.4 Å². The van der Waals surface area contributed by atoms with Crippen molar-refractivity contribution in [1.29, 1.82) is 0 Å². The minimum absolute atomic E-state index is 0.138. The quantitative estimate of drug-likeness (QED) is 0.0267. The van der Waals surface area contributed by atoms with E-state index in [0.717, 1.165) is 156 Å². The number of carbonyl (C=O) groups is 3. The molecule has 0 radical (unpaired) electrons. The maximum atomic E-state index is 13.0. The Bertz CT molecular complexity index is 3300. The number of thiol groups is 1. The van der Waals surface area contributed by atoms with Crippen molar-refractivity contribution in [2.75, 3.05) is 19.8 Å². The summed E-state index contributed by atoms with van der Waals surface area (Å²) in [5.74, 6) is 3.74. The molecule has 0 bridgehead atoms. The number of carbonyl (C=O) groups excluding carboxylic acids is 3. The van der Waals surface area contributed by atoms with Gasteiger partial charge in [-0.3, -0.25) is 0 Å². The van der Waals surface area contributed by atoms with Crippen LogP contribution in [0.2, 0.25) is 0 Å². The third-order valence-electron chi connectivity index (χ3n) is 17.3. The van der Waals surface area contributed by atoms with Crippen molar-refractivity contribution in [2.24, 2.45) is 0 Å². The van der Waals surface area contributed by atoms with E-state index in [1.54, 1.807) is 0 Å². The Labute approximate surface area is 596 Å². The van der Waals surface area contributed by atoms with Crippen molar-refractivity contribution in [2.45, 2.75) is 181 Å². The van der Waals surface area contributed by atoms with Gasteiger partial charge in [0.15, 0.2) is 19.8 Å². The molecule has 1 heterocycles. The van der Waals surface area contributed by atoms with Gasteiger partial charge in [-0.1, -0.05) is 40.0 Å². The zero-order valence-corrected chi connectivity index (χ0v) is 63.0. The van der Waals surface area contributed by atoms with Crippen LogP contribution in [0.15, 0.2) is 112 Å². The molecule has 1 aliphatic heterocycles. The lowest BCUT2D eigenvalue weighted by atomic mass is 9.83. The fraction of sp³-hybridized carbons (Fsp3) is 0.426. The smallest absolute Gasteiger partial charge is 0.344 e. The van der Waals surface area contributed by atoms with Crippen molar-refractivity contribution < 1.29 is 57.0 Å². The van der Waals surface area contributed by atoms with Crippen LogP contribution < -0.4 is 28.4 Å². The number of halogens is 6. The highest BCUT2D eigenvalue weighted by molar-refractivity contribution is 14.1. The molecule has 12 nitrogen and oxygen atoms in total. The van der Waals surface area contributed by atoms with Gasteiger partial charge in [0.25, 0.3) is 0 Å². The lowest BCUT2D eigenvalue weighted by Gasteiger charge is -2.35. The van der Waals surface area contributed by atoms with Crippen LogP contribution >= 0.6 is 146 Å². The molecule has 0 aromatic heterocycles. The van der Waals surface area contributed by atoms with Crippen molar-refractivity contribution in [3.05, 3.63) is 130 Å². The van der Waals surface area contributed by atoms with E-state index in [1.165, 1.54) is 29.1 Å². The molecule has 0 saturated heterocycles. The van der Waals surface area contributed by atoms with Crippen LogP contribution in [-0.2, 0) is 41.8 Å². The number of benzene rings is 6. The van der Waals surface area contributed by atoms with Crippen LogP contribution in [-0.4, -0.2) is 54.5 Å². The topological polar surface area (TPSA) is 134 Å². The first kappa shape index (κ1) is 67.2. The third-order valence-corrected chi connectivity index (χ3v) is 25.2. The van der Waals surface area contributed by atoms with Crippen molar-refractivity contribution in [1.82, 2.24) is 0 Å². The van der Waals surface area contributed by atoms with Crippen molar-refractivity contribution in [3.8, 4) is 51.4 Å². The van der Waals surface area contributed by atoms with E-state index in [4.69, 9.17) is 42.6 Å². The monoisotopic (exact) mass is 1870 g/mol. The average Bonchev–Trinajstić information content (AvgIpc) is 1.65. The first-order chi connectivity index (χ1) is 42.0. The molecule has 6 aromatic rings. The first-order valence-corrected chi connectivity index (χ1v) is 37.9. The normalized spacial score (nSPS) is 16.8. The van der Waals surface area contributed by atoms with E-state index < -0.39 is 10.9 Å². The molecule has 0 amide bonds. The summed E-state index contributed by atoms with van der Waals surface area (Å²) in [4.78, 5) is 42.6. The molecule has 0 N–H and O–H groups in total. The number of hydrogen-bond acceptors (Lipinski definition) is 12. The highest BCUT2D eigenvalue weighted by Gasteiger charge is 2.37. The van der Waals surface area contributed by atoms with Crippen molar-refractivity contribution in [3.63, 3.8) is 0 Å². The van der Waals surface area contributed by atoms with Crippen LogP contribution in [0.25, 0.3) is 11.1 Å². The predicted octanol–water partition coefficient (Wildman–Crippen LogP) is 19.8. The molecule has 10 rings (SSSR count). The first-order valence-electron chi connectivity index (χ1n) is 30.1. The molecule has 0 spiro atoms. The van der Waals surface area contributed by atoms with Gasteiger partial charge in [-0.2, -0.15) is 10.9 Å². The molecule has 19 heteroatoms. The number of fused-ring (bicyclic) bond motifs is 3. The second kappa shape index (κ2) is 30.8. The summed E-state index contributed by atoms with van der Waals surface area (Å²) in [6, 6.07) is 33.0. The van der Waals surface area contributed by atoms with Crippen LogP contribution in [0.1, 0.15) is 147 Å². The highest BCUT2D eigenvalue weighted by atomic mass is 127. The summed E-state index contributed by atoms with van der Waals surface area (Å²) in [5.41, 5.74) is 3.02. The Morgan fingerprint density at radius 1 is 0.391 bits per heavy atom. The molecule has 464 valence electrons. The van der Waals surface area contributed by atoms with E-state index in [9.17, 15) is 14.4 Å². The van der Waals surface area contributed by atoms with Gasteiger partial charge in [0.2, 0.25) is 0 Å². The number of rotatable bonds is 24. The Morgan fingerprint density at radius 2 is 0.724 bits per heavy atom. The van der Waals surface area contributed by atoms with Gasteiger partial charge in [-0.05, 0) is 345 Å². The third kappa shape index (κ3) is 16.9. The standard InChI is InChI=1S/C68H72I6O12S/c1-4-66(24-10-7-11-25-66)84-63(75)40-80-57-34-51(69)43(30-53(57)71)38-78-46-18-22-61-49(32-46)50-33-47(79-39-44-31-54(72)58(35-52(44)70)81-41-64(76)85-67(5-2)26-12-8-13-27-67)19-23-62(50)87(61)48-20-16-45(17-21-48)83-60-37-55(73)59(36-56(60)74)82-42-65(77)86-68(6-3)28-14-9-15-29-68/h16-23,30-37,87H,4-15,24-29,38-42H2,1-3H3. The van der Waals surface area contributed by atoms with Crippen molar-refractivity contribution >= 4 is 164 Å². The molecule has 3 fully saturated rings. The van der Waals surface area contributed by atoms with Crippen LogP contribution in [0.4, 0.5) is 0 Å². The lowest BCUT2D eigenvalue weighted by molar-refractivity contribution is -0.167. The maximum Gasteiger partial charge on any atom is 0.344 e. The average molecular weight is 1870 g/mol. The molecule has 0 unspecified atom stereocenters. The van der Waals surface area contributed by atoms with Gasteiger partial charge in [0.1, 0.15) is 70.3 Å². The zero-order chi connectivity index (χ0) is 61.3. The summed E-state index contributed by atoms with van der Waals surface area (Å²) in [6.45, 7) is 6.52. The molecule has 3 saturated carbocycles. The summed E-state index contributed by atoms with van der Waals surface area (Å²) in [7, 11) is -0.995. The highest BCUT2D eigenvalue weighted by Crippen LogP contribution is 2.63. The zero-order valence-electron chi connectivity index (χ0n) is 49.1. The molecule has 4 aliphatic rings. The Kier molecular flexibility index (Phi) is 23.8. The second-order valence-corrected chi connectivity index (χ2v) is 32.0. The maximum absolute atomic E-state index is 13.0. The van der Waals surface area contributed by atoms with Gasteiger partial charge in [-0.15, -0.1) is 0 Å². The summed E-state index contributed by atoms with van der Waals surface area (Å²) >= 11 is 13.6. The Morgan fingerprint density at radius 3 is 1.10 bits per heavy atom. The number of ether oxygens (including phenoxy) is 9. The van der Waals surface area contributed by atoms with Crippen LogP contribution in [0, 0.1) is 21.4 Å². The summed E-state index contributed by atoms with van der Waals surface area (Å²) in [6.07, 6.45) is 17.9. The van der Waals surface area contributed by atoms with E-state index in [0.29, 0.717) is 42.0 Å². The lowest BCUT2D eigenvalue weighted by Crippen LogP contribution is -2.38. The van der Waals surface area contributed by atoms with Gasteiger partial charge < -0.3 is 42.6 Å². The molecule has 3 aliphatic carbocycles. The molecular weight excluding hydrogens is 1800 g/mol. The van der Waals surface area contributed by atoms with E-state index in [-0.39, 0.29) is 54.5 Å². The Balaban J connectivity index is 0.842. The SMILES string of the molecule is CCC1(OC(=O)COc2cc(I)c(COc3ccc4c(c3)-c3cc(OCc5cc(I)c(OCC(=O)OC6(CC)CCCCC6)cc5I)ccc3[SH]4c3ccc(Oc4cc(I)c(OCC(=O)OC5(CC)CCCCC5)cc4I)cc3)cc2I)CCCCC1. The predicted molar refractivity (Wildman–Crippen MR) is 390 cm³/mol. The molecule has 87 heavy (non-hydrogen) atoms. The van der Waals surface area contributed by atoms with E-state index in [2.05, 4.69) is 217 Å². The summed E-state index contributed by atoms with van der Waals surface area (Å²) < 4.78 is 61.4. The second-order valence-electron chi connectivity index (χ2n) is 22.9. The van der Waals surface area contributed by atoms with E-state index in [1.807, 2.05) is 36.4 Å². The molecular formula is C68H72I6O12S. The fourth-order valence-electron chi connectivity index (χ4n) is 12.2. The van der Waals surface area contributed by atoms with Crippen LogP contribution in [0.5, 0.6) is 40.2 Å². The van der Waals surface area contributed by atoms with Crippen LogP contribution in [0.3, 0.4) is 0 Å². The minimum atomic E-state index is -0.995. The van der Waals surface area contributed by atoms with Gasteiger partial charge >= 0.3 is 17.9 Å². The number of esters is 3.